The normalized spacial score (nSPS) is 22.6. The average molecular weight is 592 g/mol. The summed E-state index contributed by atoms with van der Waals surface area (Å²) in [5.74, 6) is 0.774. The number of likely N-dealkylation sites (tertiary alicyclic amines) is 1. The molecular weight excluding hydrogens is 550 g/mol. The van der Waals surface area contributed by atoms with Gasteiger partial charge in [0.1, 0.15) is 12.4 Å². The zero-order valence-corrected chi connectivity index (χ0v) is 25.8. The highest BCUT2D eigenvalue weighted by Crippen LogP contribution is 2.53. The van der Waals surface area contributed by atoms with Crippen molar-refractivity contribution in [2.45, 2.75) is 69.6 Å². The molecule has 3 fully saturated rings. The Balaban J connectivity index is 1.27. The van der Waals surface area contributed by atoms with Gasteiger partial charge < -0.3 is 24.3 Å². The minimum atomic E-state index is -0.227. The molecule has 2 aromatic carbocycles. The lowest BCUT2D eigenvalue weighted by Gasteiger charge is -2.44. The van der Waals surface area contributed by atoms with Gasteiger partial charge in [-0.15, -0.1) is 0 Å². The number of likely N-dealkylation sites (N-methyl/N-ethyl adjacent to an activating group) is 1. The van der Waals surface area contributed by atoms with E-state index in [2.05, 4.69) is 77.7 Å². The molecule has 3 aromatic rings. The molecule has 2 atom stereocenters. The number of aryl methyl sites for hydroxylation is 1. The molecule has 0 N–H and O–H groups in total. The summed E-state index contributed by atoms with van der Waals surface area (Å²) < 4.78 is 6.37. The highest BCUT2D eigenvalue weighted by Gasteiger charge is 2.52. The molecule has 44 heavy (non-hydrogen) atoms. The van der Waals surface area contributed by atoms with Crippen molar-refractivity contribution in [3.8, 4) is 12.1 Å². The van der Waals surface area contributed by atoms with Gasteiger partial charge in [0, 0.05) is 54.3 Å². The van der Waals surface area contributed by atoms with Crippen LogP contribution >= 0.6 is 0 Å². The molecule has 1 amide bonds. The fraction of sp³-hybridized carbons (Fsp3) is 0.486. The van der Waals surface area contributed by atoms with Crippen LogP contribution in [-0.2, 0) is 17.8 Å². The number of amides is 1. The minimum Gasteiger partial charge on any atom is -0.462 e. The molecular formula is C35H41N7O2. The fourth-order valence-corrected chi connectivity index (χ4v) is 7.63. The van der Waals surface area contributed by atoms with Gasteiger partial charge in [-0.1, -0.05) is 36.9 Å². The summed E-state index contributed by atoms with van der Waals surface area (Å²) >= 11 is 0. The fourth-order valence-electron chi connectivity index (χ4n) is 7.63. The third-order valence-corrected chi connectivity index (χ3v) is 10.3. The SMILES string of the molecule is C=CC(=O)N1CCN(c2nc(OC[C@@H]3CCCN3C)nc3c2CC2(CC2)N(c2cccc4cccc(C)c24)C3)C[C@@H]1CC#N. The molecule has 9 heteroatoms. The van der Waals surface area contributed by atoms with Crippen LogP contribution in [0.25, 0.3) is 10.8 Å². The van der Waals surface area contributed by atoms with Crippen molar-refractivity contribution in [1.82, 2.24) is 19.8 Å². The second kappa shape index (κ2) is 11.4. The van der Waals surface area contributed by atoms with Crippen molar-refractivity contribution in [3.63, 3.8) is 0 Å². The summed E-state index contributed by atoms with van der Waals surface area (Å²) in [6.45, 7) is 9.91. The van der Waals surface area contributed by atoms with Crippen LogP contribution in [0.5, 0.6) is 6.01 Å². The Morgan fingerprint density at radius 2 is 1.98 bits per heavy atom. The first-order valence-corrected chi connectivity index (χ1v) is 15.9. The van der Waals surface area contributed by atoms with Crippen LogP contribution in [0.4, 0.5) is 11.5 Å². The molecule has 7 rings (SSSR count). The molecule has 228 valence electrons. The number of piperazine rings is 1. The molecule has 1 saturated carbocycles. The molecule has 1 spiro atoms. The number of fused-ring (bicyclic) bond motifs is 2. The molecule has 4 heterocycles. The number of carbonyl (C=O) groups is 1. The van der Waals surface area contributed by atoms with Crippen LogP contribution in [0.2, 0.25) is 0 Å². The molecule has 0 radical (unpaired) electrons. The third-order valence-electron chi connectivity index (χ3n) is 10.3. The second-order valence-electron chi connectivity index (χ2n) is 13.0. The first-order valence-electron chi connectivity index (χ1n) is 15.9. The highest BCUT2D eigenvalue weighted by atomic mass is 16.5. The number of hydrogen-bond acceptors (Lipinski definition) is 8. The lowest BCUT2D eigenvalue weighted by atomic mass is 9.92. The molecule has 9 nitrogen and oxygen atoms in total. The summed E-state index contributed by atoms with van der Waals surface area (Å²) in [5.41, 5.74) is 4.77. The molecule has 0 unspecified atom stereocenters. The average Bonchev–Trinajstić information content (AvgIpc) is 3.68. The maximum absolute atomic E-state index is 12.6. The van der Waals surface area contributed by atoms with Gasteiger partial charge in [-0.25, -0.2) is 0 Å². The molecule has 1 aromatic heterocycles. The summed E-state index contributed by atoms with van der Waals surface area (Å²) in [6.07, 6.45) is 7.01. The highest BCUT2D eigenvalue weighted by molar-refractivity contribution is 5.97. The van der Waals surface area contributed by atoms with E-state index in [-0.39, 0.29) is 23.9 Å². The standard InChI is InChI=1S/C35H41N7O2/c1-4-31(43)41-19-18-40(21-26(41)13-16-36)33-28-20-35(14-15-35)42(30-12-6-10-25-9-5-8-24(2)32(25)30)22-29(28)37-34(38-33)44-23-27-11-7-17-39(27)3/h4-6,8-10,12,26-27H,1,7,11,13-15,17-23H2,2-3H3/t26-,27-/m0/s1. The molecule has 3 aliphatic heterocycles. The Kier molecular flexibility index (Phi) is 7.41. The van der Waals surface area contributed by atoms with Crippen molar-refractivity contribution in [2.24, 2.45) is 0 Å². The number of anilines is 2. The largest absolute Gasteiger partial charge is 0.462 e. The molecule has 2 saturated heterocycles. The van der Waals surface area contributed by atoms with Crippen molar-refractivity contribution < 1.29 is 9.53 Å². The predicted octanol–water partition coefficient (Wildman–Crippen LogP) is 4.62. The summed E-state index contributed by atoms with van der Waals surface area (Å²) in [4.78, 5) is 31.8. The van der Waals surface area contributed by atoms with E-state index in [4.69, 9.17) is 14.7 Å². The Labute approximate surface area is 259 Å². The summed E-state index contributed by atoms with van der Waals surface area (Å²) in [6, 6.07) is 16.0. The molecule has 1 aliphatic carbocycles. The zero-order chi connectivity index (χ0) is 30.4. The molecule has 0 bridgehead atoms. The third kappa shape index (κ3) is 5.05. The van der Waals surface area contributed by atoms with Gasteiger partial charge in [-0.2, -0.15) is 15.2 Å². The minimum absolute atomic E-state index is 0.0310. The van der Waals surface area contributed by atoms with Gasteiger partial charge in [0.25, 0.3) is 0 Å². The number of nitriles is 1. The first kappa shape index (κ1) is 28.6. The number of carbonyl (C=O) groups excluding carboxylic acids is 1. The Morgan fingerprint density at radius 3 is 2.70 bits per heavy atom. The van der Waals surface area contributed by atoms with Crippen LogP contribution in [0.3, 0.4) is 0 Å². The number of rotatable bonds is 7. The number of hydrogen-bond donors (Lipinski definition) is 0. The lowest BCUT2D eigenvalue weighted by molar-refractivity contribution is -0.128. The smallest absolute Gasteiger partial charge is 0.318 e. The van der Waals surface area contributed by atoms with Crippen LogP contribution in [0, 0.1) is 18.3 Å². The van der Waals surface area contributed by atoms with Crippen LogP contribution in [-0.4, -0.2) is 83.1 Å². The Bertz CT molecular complexity index is 1640. The van der Waals surface area contributed by atoms with Gasteiger partial charge in [-0.05, 0) is 69.3 Å². The van der Waals surface area contributed by atoms with E-state index in [1.165, 1.54) is 40.1 Å². The van der Waals surface area contributed by atoms with Crippen molar-refractivity contribution in [2.75, 3.05) is 49.6 Å². The van der Waals surface area contributed by atoms with E-state index in [9.17, 15) is 10.1 Å². The quantitative estimate of drug-likeness (QED) is 0.368. The second-order valence-corrected chi connectivity index (χ2v) is 13.0. The maximum atomic E-state index is 12.6. The van der Waals surface area contributed by atoms with Crippen molar-refractivity contribution in [3.05, 3.63) is 65.9 Å². The van der Waals surface area contributed by atoms with Crippen molar-refractivity contribution >= 4 is 28.2 Å². The maximum Gasteiger partial charge on any atom is 0.318 e. The predicted molar refractivity (Wildman–Crippen MR) is 172 cm³/mol. The van der Waals surface area contributed by atoms with Gasteiger partial charge >= 0.3 is 6.01 Å². The van der Waals surface area contributed by atoms with E-state index < -0.39 is 0 Å². The van der Waals surface area contributed by atoms with E-state index in [0.29, 0.717) is 44.8 Å². The van der Waals surface area contributed by atoms with E-state index >= 15 is 0 Å². The number of benzene rings is 2. The number of nitrogens with zero attached hydrogens (tertiary/aromatic N) is 7. The topological polar surface area (TPSA) is 88.8 Å². The number of ether oxygens (including phenoxy) is 1. The first-order chi connectivity index (χ1) is 21.4. The van der Waals surface area contributed by atoms with E-state index in [1.807, 2.05) is 0 Å². The van der Waals surface area contributed by atoms with Crippen LogP contribution in [0.1, 0.15) is 48.9 Å². The van der Waals surface area contributed by atoms with Gasteiger partial charge in [0.2, 0.25) is 5.91 Å². The summed E-state index contributed by atoms with van der Waals surface area (Å²) in [7, 11) is 2.15. The number of aromatic nitrogens is 2. The Morgan fingerprint density at radius 1 is 1.16 bits per heavy atom. The van der Waals surface area contributed by atoms with E-state index in [0.717, 1.165) is 43.7 Å². The Hall–Kier alpha value is -4.16. The molecule has 4 aliphatic rings. The van der Waals surface area contributed by atoms with Gasteiger partial charge in [-0.3, -0.25) is 4.79 Å². The van der Waals surface area contributed by atoms with Crippen LogP contribution < -0.4 is 14.5 Å². The van der Waals surface area contributed by atoms with Crippen molar-refractivity contribution in [1.29, 1.82) is 5.26 Å². The monoisotopic (exact) mass is 591 g/mol. The lowest BCUT2D eigenvalue weighted by Crippen LogP contribution is -2.55. The van der Waals surface area contributed by atoms with Gasteiger partial charge in [0.05, 0.1) is 30.8 Å². The summed E-state index contributed by atoms with van der Waals surface area (Å²) in [5, 5.41) is 12.2. The van der Waals surface area contributed by atoms with E-state index in [1.54, 1.807) is 4.90 Å². The zero-order valence-electron chi connectivity index (χ0n) is 25.8. The van der Waals surface area contributed by atoms with Gasteiger partial charge in [0.15, 0.2) is 0 Å². The van der Waals surface area contributed by atoms with Crippen LogP contribution in [0.15, 0.2) is 49.1 Å².